The Labute approximate surface area is 130 Å². The first kappa shape index (κ1) is 15.9. The molecule has 112 valence electrons. The molecule has 2 rings (SSSR count). The summed E-state index contributed by atoms with van der Waals surface area (Å²) in [5, 5.41) is 0.804. The minimum absolute atomic E-state index is 0.317. The van der Waals surface area contributed by atoms with Crippen molar-refractivity contribution < 1.29 is 17.2 Å². The predicted molar refractivity (Wildman–Crippen MR) is 81.1 cm³/mol. The van der Waals surface area contributed by atoms with Crippen molar-refractivity contribution in [2.24, 2.45) is 0 Å². The van der Waals surface area contributed by atoms with Crippen LogP contribution in [0.2, 0.25) is 0 Å². The molecule has 7 heteroatoms. The van der Waals surface area contributed by atoms with Crippen LogP contribution in [0.3, 0.4) is 0 Å². The maximum atomic E-state index is 13.5. The lowest BCUT2D eigenvalue weighted by molar-refractivity contribution is 0.551. The molecule has 2 aromatic rings. The highest BCUT2D eigenvalue weighted by Crippen LogP contribution is 2.20. The molecule has 0 fully saturated rings. The molecular formula is C14H12BrF2NO2S. The molecule has 0 atom stereocenters. The number of halogens is 3. The third-order valence-electron chi connectivity index (χ3n) is 2.77. The average molecular weight is 376 g/mol. The van der Waals surface area contributed by atoms with Crippen LogP contribution in [0, 0.1) is 11.6 Å². The Balaban J connectivity index is 2.24. The Morgan fingerprint density at radius 3 is 2.29 bits per heavy atom. The van der Waals surface area contributed by atoms with Crippen molar-refractivity contribution in [2.45, 2.75) is 11.3 Å². The van der Waals surface area contributed by atoms with Gasteiger partial charge in [-0.2, -0.15) is 0 Å². The molecule has 3 nitrogen and oxygen atoms in total. The lowest BCUT2D eigenvalue weighted by Crippen LogP contribution is -2.14. The van der Waals surface area contributed by atoms with Gasteiger partial charge in [0.15, 0.2) is 0 Å². The van der Waals surface area contributed by atoms with E-state index in [-0.39, 0.29) is 0 Å². The van der Waals surface area contributed by atoms with Crippen LogP contribution in [-0.2, 0) is 16.4 Å². The van der Waals surface area contributed by atoms with Crippen LogP contribution in [0.25, 0.3) is 0 Å². The van der Waals surface area contributed by atoms with Crippen LogP contribution < -0.4 is 4.72 Å². The molecule has 0 saturated heterocycles. The van der Waals surface area contributed by atoms with E-state index in [4.69, 9.17) is 0 Å². The molecule has 0 bridgehead atoms. The highest BCUT2D eigenvalue weighted by Gasteiger charge is 2.19. The summed E-state index contributed by atoms with van der Waals surface area (Å²) in [5.74, 6) is -1.95. The fourth-order valence-corrected chi connectivity index (χ4v) is 3.33. The predicted octanol–water partition coefficient (Wildman–Crippen LogP) is 3.70. The van der Waals surface area contributed by atoms with Crippen molar-refractivity contribution >= 4 is 31.6 Å². The van der Waals surface area contributed by atoms with E-state index in [1.165, 1.54) is 0 Å². The van der Waals surface area contributed by atoms with Gasteiger partial charge in [-0.25, -0.2) is 17.2 Å². The van der Waals surface area contributed by atoms with Gasteiger partial charge in [0, 0.05) is 17.1 Å². The summed E-state index contributed by atoms with van der Waals surface area (Å²) in [6.07, 6.45) is 0.819. The van der Waals surface area contributed by atoms with Gasteiger partial charge in [0.05, 0.1) is 0 Å². The number of rotatable bonds is 5. The summed E-state index contributed by atoms with van der Waals surface area (Å²) in [6.45, 7) is 0. The summed E-state index contributed by atoms with van der Waals surface area (Å²) in [5.41, 5.74) is 1.36. The van der Waals surface area contributed by atoms with Gasteiger partial charge < -0.3 is 0 Å². The first-order valence-corrected chi connectivity index (χ1v) is 8.65. The van der Waals surface area contributed by atoms with Crippen molar-refractivity contribution in [3.63, 3.8) is 0 Å². The SMILES string of the molecule is O=S(=O)(Nc1ccc(CCBr)cc1)c1ccc(F)cc1F. The lowest BCUT2D eigenvalue weighted by atomic mass is 10.2. The second-order valence-electron chi connectivity index (χ2n) is 4.32. The molecule has 0 amide bonds. The number of benzene rings is 2. The van der Waals surface area contributed by atoms with Crippen LogP contribution in [-0.4, -0.2) is 13.7 Å². The maximum absolute atomic E-state index is 13.5. The van der Waals surface area contributed by atoms with Crippen molar-refractivity contribution in [2.75, 3.05) is 10.1 Å². The minimum Gasteiger partial charge on any atom is -0.280 e. The van der Waals surface area contributed by atoms with Gasteiger partial charge in [-0.05, 0) is 36.2 Å². The molecular weight excluding hydrogens is 364 g/mol. The number of aryl methyl sites for hydroxylation is 1. The van der Waals surface area contributed by atoms with Crippen molar-refractivity contribution in [1.29, 1.82) is 0 Å². The molecule has 0 spiro atoms. The normalized spacial score (nSPS) is 11.4. The number of anilines is 1. The largest absolute Gasteiger partial charge is 0.280 e. The van der Waals surface area contributed by atoms with E-state index in [9.17, 15) is 17.2 Å². The second kappa shape index (κ2) is 6.53. The molecule has 0 aliphatic heterocycles. The quantitative estimate of drug-likeness (QED) is 0.809. The van der Waals surface area contributed by atoms with E-state index >= 15 is 0 Å². The summed E-state index contributed by atoms with van der Waals surface area (Å²) in [6, 6.07) is 9.07. The lowest BCUT2D eigenvalue weighted by Gasteiger charge is -2.09. The Bertz CT molecular complexity index is 733. The number of alkyl halides is 1. The van der Waals surface area contributed by atoms with E-state index in [2.05, 4.69) is 20.7 Å². The topological polar surface area (TPSA) is 46.2 Å². The zero-order valence-corrected chi connectivity index (χ0v) is 13.2. The molecule has 0 heterocycles. The van der Waals surface area contributed by atoms with Gasteiger partial charge in [-0.1, -0.05) is 28.1 Å². The van der Waals surface area contributed by atoms with Gasteiger partial charge in [0.1, 0.15) is 16.5 Å². The van der Waals surface area contributed by atoms with Crippen molar-refractivity contribution in [3.05, 3.63) is 59.7 Å². The van der Waals surface area contributed by atoms with Crippen LogP contribution in [0.4, 0.5) is 14.5 Å². The highest BCUT2D eigenvalue weighted by atomic mass is 79.9. The summed E-state index contributed by atoms with van der Waals surface area (Å²) >= 11 is 3.31. The highest BCUT2D eigenvalue weighted by molar-refractivity contribution is 9.09. The summed E-state index contributed by atoms with van der Waals surface area (Å²) < 4.78 is 52.8. The molecule has 1 N–H and O–H groups in total. The van der Waals surface area contributed by atoms with Gasteiger partial charge in [0.25, 0.3) is 10.0 Å². The van der Waals surface area contributed by atoms with Crippen LogP contribution in [0.1, 0.15) is 5.56 Å². The Kier molecular flexibility index (Phi) is 4.95. The monoisotopic (exact) mass is 375 g/mol. The summed E-state index contributed by atoms with van der Waals surface area (Å²) in [7, 11) is -4.09. The fourth-order valence-electron chi connectivity index (χ4n) is 1.75. The molecule has 0 saturated carbocycles. The van der Waals surface area contributed by atoms with Gasteiger partial charge in [-0.3, -0.25) is 4.72 Å². The number of hydrogen-bond acceptors (Lipinski definition) is 2. The standard InChI is InChI=1S/C14H12BrF2NO2S/c15-8-7-10-1-4-12(5-2-10)18-21(19,20)14-6-3-11(16)9-13(14)17/h1-6,9,18H,7-8H2. The van der Waals surface area contributed by atoms with E-state index in [1.54, 1.807) is 24.3 Å². The average Bonchev–Trinajstić information content (AvgIpc) is 2.40. The molecule has 0 aromatic heterocycles. The van der Waals surface area contributed by atoms with Gasteiger partial charge >= 0.3 is 0 Å². The fraction of sp³-hybridized carbons (Fsp3) is 0.143. The van der Waals surface area contributed by atoms with Crippen molar-refractivity contribution in [3.8, 4) is 0 Å². The van der Waals surface area contributed by atoms with E-state index < -0.39 is 26.6 Å². The number of nitrogens with one attached hydrogen (secondary N) is 1. The molecule has 0 aliphatic rings. The first-order valence-electron chi connectivity index (χ1n) is 6.05. The van der Waals surface area contributed by atoms with Crippen molar-refractivity contribution in [1.82, 2.24) is 0 Å². The molecule has 21 heavy (non-hydrogen) atoms. The van der Waals surface area contributed by atoms with E-state index in [0.717, 1.165) is 29.4 Å². The van der Waals surface area contributed by atoms with Gasteiger partial charge in [-0.15, -0.1) is 0 Å². The Morgan fingerprint density at radius 1 is 1.05 bits per heavy atom. The first-order chi connectivity index (χ1) is 9.92. The summed E-state index contributed by atoms with van der Waals surface area (Å²) in [4.78, 5) is -0.589. The third-order valence-corrected chi connectivity index (χ3v) is 4.58. The Hall–Kier alpha value is -1.47. The minimum atomic E-state index is -4.09. The smallest absolute Gasteiger partial charge is 0.264 e. The Morgan fingerprint density at radius 2 is 1.71 bits per heavy atom. The molecule has 0 aliphatic carbocycles. The molecule has 0 unspecified atom stereocenters. The molecule has 0 radical (unpaired) electrons. The number of sulfonamides is 1. The second-order valence-corrected chi connectivity index (χ2v) is 6.76. The van der Waals surface area contributed by atoms with E-state index in [0.29, 0.717) is 11.8 Å². The van der Waals surface area contributed by atoms with E-state index in [1.807, 2.05) is 0 Å². The zero-order valence-electron chi connectivity index (χ0n) is 10.8. The molecule has 2 aromatic carbocycles. The van der Waals surface area contributed by atoms with Gasteiger partial charge in [0.2, 0.25) is 0 Å². The number of hydrogen-bond donors (Lipinski definition) is 1. The maximum Gasteiger partial charge on any atom is 0.264 e. The van der Waals surface area contributed by atoms with Crippen LogP contribution >= 0.6 is 15.9 Å². The third kappa shape index (κ3) is 4.01. The van der Waals surface area contributed by atoms with Crippen LogP contribution in [0.15, 0.2) is 47.4 Å². The zero-order chi connectivity index (χ0) is 15.5. The van der Waals surface area contributed by atoms with Crippen LogP contribution in [0.5, 0.6) is 0 Å².